The van der Waals surface area contributed by atoms with E-state index in [9.17, 15) is 13.2 Å². The number of piperidine rings is 1. The number of aryl methyl sites for hydroxylation is 1. The number of aliphatic imine (C=N–C) groups is 1. The van der Waals surface area contributed by atoms with Crippen LogP contribution in [0.1, 0.15) is 36.2 Å². The Hall–Kier alpha value is -2.36. The van der Waals surface area contributed by atoms with Gasteiger partial charge < -0.3 is 15.5 Å². The minimum atomic E-state index is -4.39. The van der Waals surface area contributed by atoms with Crippen molar-refractivity contribution in [3.05, 3.63) is 40.0 Å². The Morgan fingerprint density at radius 3 is 2.67 bits per heavy atom. The molecule has 0 atom stereocenters. The second-order valence-electron chi connectivity index (χ2n) is 7.18. The van der Waals surface area contributed by atoms with Crippen LogP contribution in [-0.2, 0) is 12.6 Å². The van der Waals surface area contributed by atoms with Crippen molar-refractivity contribution >= 4 is 23.1 Å². The van der Waals surface area contributed by atoms with Crippen LogP contribution < -0.4 is 15.5 Å². The second-order valence-corrected chi connectivity index (χ2v) is 8.12. The summed E-state index contributed by atoms with van der Waals surface area (Å²) in [5.41, 5.74) is 0.184. The molecular formula is C20H27F3N6S. The maximum atomic E-state index is 12.7. The lowest BCUT2D eigenvalue weighted by molar-refractivity contribution is -0.140. The molecule has 0 aromatic carbocycles. The normalized spacial score (nSPS) is 16.0. The van der Waals surface area contributed by atoms with E-state index in [-0.39, 0.29) is 0 Å². The summed E-state index contributed by atoms with van der Waals surface area (Å²) in [5, 5.41) is 8.16. The van der Waals surface area contributed by atoms with Gasteiger partial charge in [-0.2, -0.15) is 13.2 Å². The van der Waals surface area contributed by atoms with Crippen molar-refractivity contribution in [2.75, 3.05) is 31.1 Å². The largest absolute Gasteiger partial charge is 0.434 e. The average Bonchev–Trinajstić information content (AvgIpc) is 3.18. The molecule has 3 heterocycles. The van der Waals surface area contributed by atoms with Gasteiger partial charge in [0, 0.05) is 49.7 Å². The Labute approximate surface area is 178 Å². The number of halogens is 3. The van der Waals surface area contributed by atoms with Crippen LogP contribution >= 0.6 is 11.3 Å². The van der Waals surface area contributed by atoms with Crippen molar-refractivity contribution in [1.82, 2.24) is 20.6 Å². The average molecular weight is 441 g/mol. The lowest BCUT2D eigenvalue weighted by Crippen LogP contribution is -2.49. The van der Waals surface area contributed by atoms with Gasteiger partial charge in [-0.1, -0.05) is 6.07 Å². The predicted molar refractivity (Wildman–Crippen MR) is 114 cm³/mol. The van der Waals surface area contributed by atoms with E-state index < -0.39 is 11.9 Å². The zero-order valence-electron chi connectivity index (χ0n) is 17.2. The zero-order valence-corrected chi connectivity index (χ0v) is 18.0. The van der Waals surface area contributed by atoms with Crippen LogP contribution in [0.5, 0.6) is 0 Å². The molecule has 1 fully saturated rings. The number of nitrogens with zero attached hydrogens (tertiary/aromatic N) is 4. The summed E-state index contributed by atoms with van der Waals surface area (Å²) in [6, 6.07) is 6.35. The molecule has 0 unspecified atom stereocenters. The molecule has 0 aliphatic carbocycles. The molecule has 3 rings (SSSR count). The minimum Gasteiger partial charge on any atom is -0.357 e. The van der Waals surface area contributed by atoms with E-state index in [1.807, 2.05) is 32.0 Å². The van der Waals surface area contributed by atoms with Gasteiger partial charge in [0.25, 0.3) is 0 Å². The van der Waals surface area contributed by atoms with E-state index in [2.05, 4.69) is 30.5 Å². The fourth-order valence-electron chi connectivity index (χ4n) is 3.29. The number of rotatable bonds is 6. The Morgan fingerprint density at radius 1 is 1.27 bits per heavy atom. The van der Waals surface area contributed by atoms with Gasteiger partial charge in [-0.15, -0.1) is 11.3 Å². The molecular weight excluding hydrogens is 413 g/mol. The molecule has 2 N–H and O–H groups in total. The van der Waals surface area contributed by atoms with E-state index in [0.717, 1.165) is 54.2 Å². The van der Waals surface area contributed by atoms with Crippen molar-refractivity contribution in [1.29, 1.82) is 0 Å². The summed E-state index contributed by atoms with van der Waals surface area (Å²) in [5.74, 6) is 1.70. The zero-order chi connectivity index (χ0) is 21.6. The number of pyridine rings is 1. The minimum absolute atomic E-state index is 0.292. The highest BCUT2D eigenvalue weighted by atomic mass is 32.1. The quantitative estimate of drug-likeness (QED) is 0.531. The Bertz CT molecular complexity index is 843. The van der Waals surface area contributed by atoms with E-state index in [4.69, 9.17) is 0 Å². The SMILES string of the molecule is CCNC(=NCCc1nc(C(F)(F)F)cs1)NC1CCN(c2cccc(C)n2)CC1. The summed E-state index contributed by atoms with van der Waals surface area (Å²) in [6.07, 6.45) is -2.09. The third-order valence-electron chi connectivity index (χ3n) is 4.82. The van der Waals surface area contributed by atoms with E-state index in [1.165, 1.54) is 0 Å². The van der Waals surface area contributed by atoms with Gasteiger partial charge in [0.1, 0.15) is 5.82 Å². The number of nitrogens with one attached hydrogen (secondary N) is 2. The molecule has 1 aliphatic rings. The number of alkyl halides is 3. The van der Waals surface area contributed by atoms with Crippen molar-refractivity contribution in [2.24, 2.45) is 4.99 Å². The standard InChI is InChI=1S/C20H27F3N6S/c1-3-24-19(25-10-7-18-28-16(13-30-18)20(21,22)23)27-15-8-11-29(12-9-15)17-6-4-5-14(2)26-17/h4-6,13,15H,3,7-12H2,1-2H3,(H2,24,25,27). The number of guanidine groups is 1. The molecule has 6 nitrogen and oxygen atoms in total. The molecule has 0 spiro atoms. The third kappa shape index (κ3) is 6.32. The fourth-order valence-corrected chi connectivity index (χ4v) is 4.08. The molecule has 2 aromatic rings. The van der Waals surface area contributed by atoms with Gasteiger partial charge in [-0.05, 0) is 38.8 Å². The van der Waals surface area contributed by atoms with E-state index >= 15 is 0 Å². The first-order valence-electron chi connectivity index (χ1n) is 10.1. The van der Waals surface area contributed by atoms with Crippen molar-refractivity contribution in [3.63, 3.8) is 0 Å². The molecule has 10 heteroatoms. The van der Waals surface area contributed by atoms with E-state index in [1.54, 1.807) is 0 Å². The molecule has 1 aliphatic heterocycles. The maximum absolute atomic E-state index is 12.7. The predicted octanol–water partition coefficient (Wildman–Crippen LogP) is 3.63. The molecule has 0 bridgehead atoms. The van der Waals surface area contributed by atoms with Gasteiger partial charge in [0.05, 0.1) is 5.01 Å². The van der Waals surface area contributed by atoms with Crippen LogP contribution in [0.4, 0.5) is 19.0 Å². The summed E-state index contributed by atoms with van der Waals surface area (Å²) in [4.78, 5) is 15.1. The highest BCUT2D eigenvalue weighted by Gasteiger charge is 2.33. The first-order valence-corrected chi connectivity index (χ1v) is 11.0. The molecule has 164 valence electrons. The molecule has 0 saturated carbocycles. The Kier molecular flexibility index (Phi) is 7.52. The van der Waals surface area contributed by atoms with Gasteiger partial charge in [0.2, 0.25) is 0 Å². The smallest absolute Gasteiger partial charge is 0.357 e. The summed E-state index contributed by atoms with van der Waals surface area (Å²) < 4.78 is 38.0. The van der Waals surface area contributed by atoms with Crippen LogP contribution in [-0.4, -0.2) is 48.1 Å². The van der Waals surface area contributed by atoms with Crippen LogP contribution in [0, 0.1) is 6.92 Å². The molecule has 2 aromatic heterocycles. The van der Waals surface area contributed by atoms with Crippen molar-refractivity contribution in [3.8, 4) is 0 Å². The van der Waals surface area contributed by atoms with Gasteiger partial charge in [0.15, 0.2) is 11.7 Å². The summed E-state index contributed by atoms with van der Waals surface area (Å²) in [6.45, 7) is 6.89. The molecule has 0 radical (unpaired) electrons. The highest BCUT2D eigenvalue weighted by molar-refractivity contribution is 7.09. The van der Waals surface area contributed by atoms with Gasteiger partial charge in [-0.25, -0.2) is 9.97 Å². The fraction of sp³-hybridized carbons (Fsp3) is 0.550. The third-order valence-corrected chi connectivity index (χ3v) is 5.72. The second kappa shape index (κ2) is 10.1. The maximum Gasteiger partial charge on any atom is 0.434 e. The van der Waals surface area contributed by atoms with Crippen LogP contribution in [0.2, 0.25) is 0 Å². The van der Waals surface area contributed by atoms with Crippen molar-refractivity contribution < 1.29 is 13.2 Å². The topological polar surface area (TPSA) is 65.4 Å². The van der Waals surface area contributed by atoms with Gasteiger partial charge >= 0.3 is 6.18 Å². The first-order chi connectivity index (χ1) is 14.3. The number of thiazole rings is 1. The lowest BCUT2D eigenvalue weighted by atomic mass is 10.1. The molecule has 1 saturated heterocycles. The summed E-state index contributed by atoms with van der Waals surface area (Å²) in [7, 11) is 0. The monoisotopic (exact) mass is 440 g/mol. The van der Waals surface area contributed by atoms with Crippen LogP contribution in [0.15, 0.2) is 28.6 Å². The number of aromatic nitrogens is 2. The first kappa shape index (κ1) is 22.3. The van der Waals surface area contributed by atoms with Crippen molar-refractivity contribution in [2.45, 2.75) is 45.3 Å². The highest BCUT2D eigenvalue weighted by Crippen LogP contribution is 2.30. The Morgan fingerprint density at radius 2 is 2.03 bits per heavy atom. The van der Waals surface area contributed by atoms with Crippen LogP contribution in [0.25, 0.3) is 0 Å². The molecule has 30 heavy (non-hydrogen) atoms. The number of hydrogen-bond donors (Lipinski definition) is 2. The molecule has 0 amide bonds. The van der Waals surface area contributed by atoms with Crippen LogP contribution in [0.3, 0.4) is 0 Å². The van der Waals surface area contributed by atoms with E-state index in [0.29, 0.717) is 36.5 Å². The summed E-state index contributed by atoms with van der Waals surface area (Å²) >= 11 is 1.02. The number of hydrogen-bond acceptors (Lipinski definition) is 5. The van der Waals surface area contributed by atoms with Gasteiger partial charge in [-0.3, -0.25) is 4.99 Å². The Balaban J connectivity index is 1.50. The number of anilines is 1. The lowest BCUT2D eigenvalue weighted by Gasteiger charge is -2.34.